The largest absolute Gasteiger partial charge is 0.493 e. The van der Waals surface area contributed by atoms with Crippen molar-refractivity contribution in [3.63, 3.8) is 0 Å². The maximum absolute atomic E-state index is 12.4. The second-order valence-electron chi connectivity index (χ2n) is 6.71. The lowest BCUT2D eigenvalue weighted by atomic mass is 9.78. The summed E-state index contributed by atoms with van der Waals surface area (Å²) in [6.45, 7) is 3.14. The van der Waals surface area contributed by atoms with E-state index in [1.807, 2.05) is 25.1 Å². The number of methoxy groups -OCH3 is 1. The van der Waals surface area contributed by atoms with Gasteiger partial charge in [0.2, 0.25) is 5.91 Å². The van der Waals surface area contributed by atoms with Gasteiger partial charge in [0.1, 0.15) is 0 Å². The van der Waals surface area contributed by atoms with Crippen LogP contribution in [0.3, 0.4) is 0 Å². The van der Waals surface area contributed by atoms with Gasteiger partial charge in [-0.25, -0.2) is 0 Å². The van der Waals surface area contributed by atoms with Crippen LogP contribution in [-0.4, -0.2) is 37.2 Å². The number of hydrogen-bond acceptors (Lipinski definition) is 4. The molecule has 2 atom stereocenters. The Morgan fingerprint density at radius 2 is 1.92 bits per heavy atom. The summed E-state index contributed by atoms with van der Waals surface area (Å²) >= 11 is 0. The molecule has 1 saturated carbocycles. The highest BCUT2D eigenvalue weighted by atomic mass is 16.5. The minimum Gasteiger partial charge on any atom is -0.493 e. The summed E-state index contributed by atoms with van der Waals surface area (Å²) < 4.78 is 11.0. The van der Waals surface area contributed by atoms with Gasteiger partial charge in [0, 0.05) is 6.54 Å². The van der Waals surface area contributed by atoms with Crippen LogP contribution in [0.5, 0.6) is 11.5 Å². The van der Waals surface area contributed by atoms with E-state index in [2.05, 4.69) is 5.32 Å². The maximum Gasteiger partial charge on any atom is 0.307 e. The third-order valence-electron chi connectivity index (χ3n) is 4.82. The van der Waals surface area contributed by atoms with Crippen molar-refractivity contribution in [3.05, 3.63) is 23.8 Å². The number of hydrogen-bond donors (Lipinski definition) is 2. The molecule has 0 aliphatic heterocycles. The number of aliphatic carboxylic acids is 1. The van der Waals surface area contributed by atoms with E-state index in [4.69, 9.17) is 9.47 Å². The number of amides is 1. The Labute approximate surface area is 154 Å². The van der Waals surface area contributed by atoms with Crippen LogP contribution in [0.25, 0.3) is 0 Å². The summed E-state index contributed by atoms with van der Waals surface area (Å²) in [4.78, 5) is 23.7. The third kappa shape index (κ3) is 5.38. The first-order valence-corrected chi connectivity index (χ1v) is 9.37. The molecule has 6 heteroatoms. The first-order valence-electron chi connectivity index (χ1n) is 9.37. The SMILES string of the molecule is CCCOc1cc(CCNC(=O)C2CCCCC2C(=O)O)ccc1OC. The Balaban J connectivity index is 1.90. The molecule has 0 heterocycles. The van der Waals surface area contributed by atoms with Crippen LogP contribution in [-0.2, 0) is 16.0 Å². The zero-order chi connectivity index (χ0) is 18.9. The summed E-state index contributed by atoms with van der Waals surface area (Å²) in [7, 11) is 1.61. The highest BCUT2D eigenvalue weighted by molar-refractivity contribution is 5.84. The molecule has 1 aromatic rings. The predicted molar refractivity (Wildman–Crippen MR) is 98.6 cm³/mol. The lowest BCUT2D eigenvalue weighted by molar-refractivity contribution is -0.148. The fourth-order valence-electron chi connectivity index (χ4n) is 3.40. The first-order chi connectivity index (χ1) is 12.6. The van der Waals surface area contributed by atoms with Crippen LogP contribution in [0.1, 0.15) is 44.6 Å². The van der Waals surface area contributed by atoms with Crippen LogP contribution in [0, 0.1) is 11.8 Å². The fraction of sp³-hybridized carbons (Fsp3) is 0.600. The van der Waals surface area contributed by atoms with Crippen molar-refractivity contribution in [2.45, 2.75) is 45.4 Å². The van der Waals surface area contributed by atoms with Gasteiger partial charge in [0.25, 0.3) is 0 Å². The molecule has 1 aromatic carbocycles. The number of carbonyl (C=O) groups is 2. The van der Waals surface area contributed by atoms with Crippen molar-refractivity contribution >= 4 is 11.9 Å². The number of ether oxygens (including phenoxy) is 2. The highest BCUT2D eigenvalue weighted by Crippen LogP contribution is 2.31. The van der Waals surface area contributed by atoms with Crippen LogP contribution >= 0.6 is 0 Å². The van der Waals surface area contributed by atoms with Gasteiger partial charge in [-0.2, -0.15) is 0 Å². The third-order valence-corrected chi connectivity index (χ3v) is 4.82. The molecular weight excluding hydrogens is 334 g/mol. The van der Waals surface area contributed by atoms with Crippen LogP contribution in [0.2, 0.25) is 0 Å². The molecule has 0 saturated heterocycles. The van der Waals surface area contributed by atoms with E-state index < -0.39 is 17.8 Å². The number of nitrogens with one attached hydrogen (secondary N) is 1. The van der Waals surface area contributed by atoms with Crippen molar-refractivity contribution in [1.82, 2.24) is 5.32 Å². The van der Waals surface area contributed by atoms with Gasteiger partial charge in [-0.05, 0) is 43.4 Å². The minimum absolute atomic E-state index is 0.145. The van der Waals surface area contributed by atoms with Gasteiger partial charge in [-0.1, -0.05) is 25.8 Å². The minimum atomic E-state index is -0.863. The van der Waals surface area contributed by atoms with Gasteiger partial charge in [0.15, 0.2) is 11.5 Å². The summed E-state index contributed by atoms with van der Waals surface area (Å²) in [6.07, 6.45) is 4.61. The number of carboxylic acid groups (broad SMARTS) is 1. The van der Waals surface area contributed by atoms with Crippen LogP contribution in [0.15, 0.2) is 18.2 Å². The summed E-state index contributed by atoms with van der Waals surface area (Å²) in [6, 6.07) is 5.75. The summed E-state index contributed by atoms with van der Waals surface area (Å²) in [5.41, 5.74) is 1.04. The Hall–Kier alpha value is -2.24. The number of benzene rings is 1. The number of carbonyl (C=O) groups excluding carboxylic acids is 1. The van der Waals surface area contributed by atoms with Gasteiger partial charge < -0.3 is 19.9 Å². The molecule has 26 heavy (non-hydrogen) atoms. The first kappa shape index (κ1) is 20.1. The molecule has 6 nitrogen and oxygen atoms in total. The Bertz CT molecular complexity index is 616. The van der Waals surface area contributed by atoms with E-state index in [9.17, 15) is 14.7 Å². The van der Waals surface area contributed by atoms with Crippen molar-refractivity contribution in [2.24, 2.45) is 11.8 Å². The average molecular weight is 363 g/mol. The molecule has 2 rings (SSSR count). The van der Waals surface area contributed by atoms with Gasteiger partial charge in [-0.15, -0.1) is 0 Å². The monoisotopic (exact) mass is 363 g/mol. The maximum atomic E-state index is 12.4. The predicted octanol–water partition coefficient (Wildman–Crippen LogP) is 3.03. The van der Waals surface area contributed by atoms with Crippen molar-refractivity contribution in [3.8, 4) is 11.5 Å². The molecule has 0 bridgehead atoms. The van der Waals surface area contributed by atoms with E-state index in [0.717, 1.165) is 24.8 Å². The molecule has 1 aliphatic rings. The Morgan fingerprint density at radius 3 is 2.58 bits per heavy atom. The average Bonchev–Trinajstić information content (AvgIpc) is 2.66. The smallest absolute Gasteiger partial charge is 0.307 e. The second kappa shape index (κ2) is 10.0. The standard InChI is InChI=1S/C20H29NO5/c1-3-12-26-18-13-14(8-9-17(18)25-2)10-11-21-19(22)15-6-4-5-7-16(15)20(23)24/h8-9,13,15-16H,3-7,10-12H2,1-2H3,(H,21,22)(H,23,24). The molecule has 1 amide bonds. The zero-order valence-corrected chi connectivity index (χ0v) is 15.6. The van der Waals surface area contributed by atoms with Crippen molar-refractivity contribution in [1.29, 1.82) is 0 Å². The van der Waals surface area contributed by atoms with E-state index in [0.29, 0.717) is 43.9 Å². The van der Waals surface area contributed by atoms with Crippen LogP contribution < -0.4 is 14.8 Å². The Kier molecular flexibility index (Phi) is 7.75. The lowest BCUT2D eigenvalue weighted by Gasteiger charge is -2.27. The Morgan fingerprint density at radius 1 is 1.19 bits per heavy atom. The molecule has 2 N–H and O–H groups in total. The quantitative estimate of drug-likeness (QED) is 0.704. The highest BCUT2D eigenvalue weighted by Gasteiger charge is 2.35. The van der Waals surface area contributed by atoms with E-state index >= 15 is 0 Å². The molecule has 0 aromatic heterocycles. The normalized spacial score (nSPS) is 19.6. The number of carboxylic acids is 1. The topological polar surface area (TPSA) is 84.9 Å². The molecule has 1 aliphatic carbocycles. The fourth-order valence-corrected chi connectivity index (χ4v) is 3.40. The van der Waals surface area contributed by atoms with Gasteiger partial charge >= 0.3 is 5.97 Å². The molecule has 2 unspecified atom stereocenters. The summed E-state index contributed by atoms with van der Waals surface area (Å²) in [5, 5.41) is 12.2. The van der Waals surface area contributed by atoms with Crippen molar-refractivity contribution < 1.29 is 24.2 Å². The van der Waals surface area contributed by atoms with E-state index in [1.54, 1.807) is 7.11 Å². The van der Waals surface area contributed by atoms with E-state index in [1.165, 1.54) is 0 Å². The van der Waals surface area contributed by atoms with E-state index in [-0.39, 0.29) is 5.91 Å². The number of rotatable bonds is 9. The zero-order valence-electron chi connectivity index (χ0n) is 15.6. The van der Waals surface area contributed by atoms with Gasteiger partial charge in [0.05, 0.1) is 25.6 Å². The second-order valence-corrected chi connectivity index (χ2v) is 6.71. The molecule has 0 spiro atoms. The van der Waals surface area contributed by atoms with Gasteiger partial charge in [-0.3, -0.25) is 9.59 Å². The lowest BCUT2D eigenvalue weighted by Crippen LogP contribution is -2.40. The molecule has 1 fully saturated rings. The molecule has 0 radical (unpaired) electrons. The van der Waals surface area contributed by atoms with Crippen molar-refractivity contribution in [2.75, 3.05) is 20.3 Å². The van der Waals surface area contributed by atoms with Crippen LogP contribution in [0.4, 0.5) is 0 Å². The molecular formula is C20H29NO5. The summed E-state index contributed by atoms with van der Waals surface area (Å²) in [5.74, 6) is -0.584. The molecule has 144 valence electrons.